The number of fused-ring (bicyclic) bond motifs is 4. The fraction of sp³-hybridized carbons (Fsp3) is 0.0625. The van der Waals surface area contributed by atoms with Gasteiger partial charge in [-0.1, -0.05) is 188 Å². The zero-order valence-corrected chi connectivity index (χ0v) is 36.8. The molecule has 314 valence electrons. The van der Waals surface area contributed by atoms with Gasteiger partial charge >= 0.3 is 0 Å². The van der Waals surface area contributed by atoms with Crippen molar-refractivity contribution < 1.29 is 0 Å². The first-order valence-corrected chi connectivity index (χ1v) is 23.3. The van der Waals surface area contributed by atoms with Gasteiger partial charge in [0.25, 0.3) is 0 Å². The monoisotopic (exact) mass is 844 g/mol. The lowest BCUT2D eigenvalue weighted by Gasteiger charge is -2.30. The summed E-state index contributed by atoms with van der Waals surface area (Å²) in [4.78, 5) is 2.47. The molecule has 0 saturated heterocycles. The minimum absolute atomic E-state index is 0.973. The van der Waals surface area contributed by atoms with Gasteiger partial charge in [-0.25, -0.2) is 0 Å². The minimum Gasteiger partial charge on any atom is -0.310 e. The van der Waals surface area contributed by atoms with Gasteiger partial charge in [-0.05, 0) is 136 Å². The highest BCUT2D eigenvalue weighted by Crippen LogP contribution is 2.45. The molecule has 0 bridgehead atoms. The highest BCUT2D eigenvalue weighted by Gasteiger charge is 2.22. The van der Waals surface area contributed by atoms with Crippen molar-refractivity contribution in [2.24, 2.45) is 0 Å². The third kappa shape index (κ3) is 7.18. The molecule has 2 heteroatoms. The van der Waals surface area contributed by atoms with Gasteiger partial charge in [0.05, 0.1) is 22.4 Å². The van der Waals surface area contributed by atoms with Crippen molar-refractivity contribution in [1.82, 2.24) is 4.57 Å². The summed E-state index contributed by atoms with van der Waals surface area (Å²) >= 11 is 0. The largest absolute Gasteiger partial charge is 0.310 e. The number of hydrogen-bond donors (Lipinski definition) is 0. The quantitative estimate of drug-likeness (QED) is 0.141. The molecule has 2 nitrogen and oxygen atoms in total. The van der Waals surface area contributed by atoms with E-state index in [9.17, 15) is 0 Å². The molecule has 0 spiro atoms. The van der Waals surface area contributed by atoms with E-state index in [4.69, 9.17) is 0 Å². The second-order valence-corrected chi connectivity index (χ2v) is 17.5. The Morgan fingerprint density at radius 2 is 1.06 bits per heavy atom. The van der Waals surface area contributed by atoms with Crippen molar-refractivity contribution in [2.75, 3.05) is 4.90 Å². The van der Waals surface area contributed by atoms with Gasteiger partial charge in [0.15, 0.2) is 0 Å². The van der Waals surface area contributed by atoms with Crippen molar-refractivity contribution in [3.8, 4) is 39.1 Å². The van der Waals surface area contributed by atoms with Crippen LogP contribution in [0.15, 0.2) is 243 Å². The van der Waals surface area contributed by atoms with Crippen LogP contribution >= 0.6 is 0 Å². The van der Waals surface area contributed by atoms with E-state index in [0.717, 1.165) is 42.7 Å². The molecule has 2 aliphatic rings. The third-order valence-corrected chi connectivity index (χ3v) is 13.5. The van der Waals surface area contributed by atoms with Gasteiger partial charge in [0, 0.05) is 33.3 Å². The summed E-state index contributed by atoms with van der Waals surface area (Å²) < 4.78 is 2.45. The second kappa shape index (κ2) is 17.1. The Bertz CT molecular complexity index is 3520. The molecule has 66 heavy (non-hydrogen) atoms. The summed E-state index contributed by atoms with van der Waals surface area (Å²) in [5.41, 5.74) is 19.3. The van der Waals surface area contributed by atoms with Crippen LogP contribution in [0.4, 0.5) is 17.1 Å². The van der Waals surface area contributed by atoms with E-state index >= 15 is 0 Å². The molecule has 9 aromatic carbocycles. The van der Waals surface area contributed by atoms with Gasteiger partial charge in [-0.15, -0.1) is 0 Å². The summed E-state index contributed by atoms with van der Waals surface area (Å²) in [6.07, 6.45) is 17.9. The lowest BCUT2D eigenvalue weighted by atomic mass is 9.91. The molecule has 10 aromatic rings. The number of hydrogen-bond acceptors (Lipinski definition) is 1. The number of nitrogens with zero attached hydrogens (tertiary/aromatic N) is 2. The Hall–Kier alpha value is -8.20. The van der Waals surface area contributed by atoms with E-state index < -0.39 is 0 Å². The Balaban J connectivity index is 0.989. The van der Waals surface area contributed by atoms with Gasteiger partial charge in [-0.3, -0.25) is 0 Å². The average molecular weight is 845 g/mol. The zero-order valence-electron chi connectivity index (χ0n) is 36.8. The number of aromatic nitrogens is 1. The highest BCUT2D eigenvalue weighted by atomic mass is 15.1. The molecule has 0 aliphatic heterocycles. The van der Waals surface area contributed by atoms with Crippen LogP contribution < -0.4 is 4.90 Å². The smallest absolute Gasteiger partial charge is 0.0541 e. The first-order valence-electron chi connectivity index (χ1n) is 23.3. The molecule has 0 N–H and O–H groups in total. The standard InChI is InChI=1S/C64H48N2/c1-3-17-45(18-4-1)51-23-15-24-54(43-51)65(53-40-37-47(38-41-53)46-33-35-50(36-34-46)56-29-16-22-48-21-7-8-25-55(48)56)64-42-39-52(44-60(64)49-19-5-2-6-20-49)57-26-9-12-30-61(57)66-62-31-13-10-27-58(62)59-28-11-14-32-63(59)66/h2-3,5,7-19,21-44H,1,4,6,20H2. The van der Waals surface area contributed by atoms with Crippen LogP contribution in [0.3, 0.4) is 0 Å². The van der Waals surface area contributed by atoms with E-state index in [1.165, 1.54) is 93.9 Å². The van der Waals surface area contributed by atoms with E-state index in [2.05, 4.69) is 252 Å². The molecule has 0 atom stereocenters. The van der Waals surface area contributed by atoms with Crippen LogP contribution in [0.5, 0.6) is 0 Å². The third-order valence-electron chi connectivity index (χ3n) is 13.5. The molecule has 0 unspecified atom stereocenters. The maximum absolute atomic E-state index is 2.47. The number of anilines is 3. The normalized spacial score (nSPS) is 13.6. The Morgan fingerprint density at radius 1 is 0.409 bits per heavy atom. The van der Waals surface area contributed by atoms with Crippen molar-refractivity contribution in [3.05, 3.63) is 254 Å². The van der Waals surface area contributed by atoms with Gasteiger partial charge in [-0.2, -0.15) is 0 Å². The highest BCUT2D eigenvalue weighted by molar-refractivity contribution is 6.10. The Kier molecular flexibility index (Phi) is 10.2. The minimum atomic E-state index is 0.973. The number of allylic oxidation sites excluding steroid dienone is 8. The topological polar surface area (TPSA) is 8.17 Å². The SMILES string of the molecule is C1=CCCC(c2cc(-c3ccccc3-n3c4ccccc4c4ccccc43)ccc2N(c2ccc(-c3ccc(-c4cccc5ccccc45)cc3)cc2)c2cccc(C3=CCCC=C3)c2)=C1. The van der Waals surface area contributed by atoms with Gasteiger partial charge in [0.2, 0.25) is 0 Å². The summed E-state index contributed by atoms with van der Waals surface area (Å²) in [5.74, 6) is 0. The lowest BCUT2D eigenvalue weighted by molar-refractivity contribution is 1.04. The van der Waals surface area contributed by atoms with Crippen LogP contribution in [0, 0.1) is 0 Å². The molecule has 1 aromatic heterocycles. The zero-order chi connectivity index (χ0) is 43.8. The Morgan fingerprint density at radius 3 is 1.82 bits per heavy atom. The van der Waals surface area contributed by atoms with Crippen LogP contribution in [0.25, 0.3) is 82.8 Å². The number of para-hydroxylation sites is 3. The maximum Gasteiger partial charge on any atom is 0.0541 e. The van der Waals surface area contributed by atoms with Crippen molar-refractivity contribution >= 4 is 60.8 Å². The summed E-state index contributed by atoms with van der Waals surface area (Å²) in [5, 5.41) is 5.06. The van der Waals surface area contributed by atoms with Crippen LogP contribution in [-0.2, 0) is 0 Å². The molecule has 12 rings (SSSR count). The molecule has 2 aliphatic carbocycles. The first-order chi connectivity index (χ1) is 32.7. The fourth-order valence-electron chi connectivity index (χ4n) is 10.3. The van der Waals surface area contributed by atoms with E-state index in [0.29, 0.717) is 0 Å². The van der Waals surface area contributed by atoms with Crippen molar-refractivity contribution in [3.63, 3.8) is 0 Å². The predicted octanol–water partition coefficient (Wildman–Crippen LogP) is 17.9. The first kappa shape index (κ1) is 39.4. The van der Waals surface area contributed by atoms with E-state index in [1.807, 2.05) is 0 Å². The molecular weight excluding hydrogens is 797 g/mol. The van der Waals surface area contributed by atoms with E-state index in [1.54, 1.807) is 0 Å². The molecular formula is C64H48N2. The molecule has 0 amide bonds. The van der Waals surface area contributed by atoms with Crippen LogP contribution in [0.2, 0.25) is 0 Å². The van der Waals surface area contributed by atoms with Crippen molar-refractivity contribution in [2.45, 2.75) is 25.7 Å². The van der Waals surface area contributed by atoms with Crippen molar-refractivity contribution in [1.29, 1.82) is 0 Å². The molecule has 0 saturated carbocycles. The van der Waals surface area contributed by atoms with Gasteiger partial charge in [0.1, 0.15) is 0 Å². The van der Waals surface area contributed by atoms with Gasteiger partial charge < -0.3 is 9.47 Å². The van der Waals surface area contributed by atoms with Crippen LogP contribution in [0.1, 0.15) is 36.8 Å². The summed E-state index contributed by atoms with van der Waals surface area (Å²) in [7, 11) is 0. The molecule has 0 fully saturated rings. The predicted molar refractivity (Wildman–Crippen MR) is 282 cm³/mol. The number of rotatable bonds is 9. The molecule has 0 radical (unpaired) electrons. The summed E-state index contributed by atoms with van der Waals surface area (Å²) in [6, 6.07) is 76.1. The fourth-order valence-corrected chi connectivity index (χ4v) is 10.3. The van der Waals surface area contributed by atoms with E-state index in [-0.39, 0.29) is 0 Å². The van der Waals surface area contributed by atoms with Crippen LogP contribution in [-0.4, -0.2) is 4.57 Å². The second-order valence-electron chi connectivity index (χ2n) is 17.5. The number of benzene rings is 9. The average Bonchev–Trinajstić information content (AvgIpc) is 3.74. The lowest BCUT2D eigenvalue weighted by Crippen LogP contribution is -2.13. The Labute approximate surface area is 387 Å². The maximum atomic E-state index is 2.47. The summed E-state index contributed by atoms with van der Waals surface area (Å²) in [6.45, 7) is 0. The molecule has 1 heterocycles.